The molecule has 0 radical (unpaired) electrons. The Hall–Kier alpha value is -9.49. The van der Waals surface area contributed by atoms with Gasteiger partial charge >= 0.3 is 23.9 Å². The fraction of sp³-hybridized carbons (Fsp3) is 0.512. The van der Waals surface area contributed by atoms with Crippen LogP contribution in [0, 0.1) is 36.5 Å². The van der Waals surface area contributed by atoms with E-state index in [1.54, 1.807) is 69.9 Å². The van der Waals surface area contributed by atoms with E-state index >= 15 is 0 Å². The number of hydrogen-bond donors (Lipinski definition) is 10. The molecule has 10 N–H and O–H groups in total. The summed E-state index contributed by atoms with van der Waals surface area (Å²) in [7, 11) is 3.12. The number of carbonyl (C=O) groups is 6. The van der Waals surface area contributed by atoms with Crippen molar-refractivity contribution in [3.05, 3.63) is 157 Å². The van der Waals surface area contributed by atoms with Crippen LogP contribution in [0.1, 0.15) is 162 Å². The molecule has 29 heteroatoms. The van der Waals surface area contributed by atoms with Gasteiger partial charge in [-0.15, -0.1) is 22.7 Å². The van der Waals surface area contributed by atoms with Gasteiger partial charge in [0.1, 0.15) is 36.0 Å². The van der Waals surface area contributed by atoms with Crippen molar-refractivity contribution in [3.8, 4) is 23.0 Å². The fourth-order valence-electron chi connectivity index (χ4n) is 14.9. The number of aromatic hydroxyl groups is 3. The zero-order valence-corrected chi connectivity index (χ0v) is 68.6. The fourth-order valence-corrected chi connectivity index (χ4v) is 16.2. The Morgan fingerprint density at radius 2 is 1.50 bits per heavy atom. The number of aliphatic hydroxyl groups excluding tert-OH is 3. The number of aromatic nitrogens is 2. The number of phenols is 3. The van der Waals surface area contributed by atoms with Gasteiger partial charge in [0.05, 0.1) is 92.8 Å². The molecule has 5 amide bonds. The lowest BCUT2D eigenvalue weighted by Gasteiger charge is -2.38. The van der Waals surface area contributed by atoms with Crippen LogP contribution in [-0.2, 0) is 59.3 Å². The van der Waals surface area contributed by atoms with Gasteiger partial charge in [-0.25, -0.2) is 14.6 Å². The standard InChI is InChI=1S/C47H64N4O12.C37H48N6O5S2/c1-24-13-12-14-25(2)46(59)49-37-32(23-48-51-20-18-50(19-21-51)31-15-10-11-16-31)41(56)34-35(42(37)57)40(55)29(6)44-36(34)45(58)47(8,63-44)61-22-17-33(60-9)26(3)43(62-30(7)52)28(5)39(54)27(4)38(24)53;1-24(2)33(42-36(46)43(5)20-29-22-49-35(40-29)25(3)4)34(45)39-28(16-26-12-8-6-9-13-26)18-32(44)31(17-27-14-10-7-11-15-27)41-37(47)48-21-30-19-38-23-50-30/h12-14,17,22-24,26-28,31,33,38-39,43,53-57H,10-11,15-16,18-21H2,1-9H3,(H,49,59);6-15,19,22-25,28,31-33,44H,16-18,20-21H2,1-5H3,(H,39,45)(H,41,47)(H,42,46)/b13-12+,22-17+,25-14-,48-23+;/t24-,26+,27+,28+,33-,38-,39+,43+,47-;28-,31-,32-,33-/m00/s1. The van der Waals surface area contributed by atoms with Crippen molar-refractivity contribution in [2.75, 3.05) is 45.7 Å². The highest BCUT2D eigenvalue weighted by Gasteiger charge is 2.50. The number of carbonyl (C=O) groups excluding carboxylic acids is 6. The Bertz CT molecular complexity index is 4350. The number of nitrogens with one attached hydrogen (secondary N) is 4. The number of hydrazone groups is 1. The van der Waals surface area contributed by atoms with Gasteiger partial charge in [0.25, 0.3) is 11.7 Å². The maximum absolute atomic E-state index is 14.5. The molecule has 4 aromatic carbocycles. The number of amides is 5. The Morgan fingerprint density at radius 3 is 2.12 bits per heavy atom. The number of piperazine rings is 1. The zero-order valence-electron chi connectivity index (χ0n) is 67.0. The summed E-state index contributed by atoms with van der Waals surface area (Å²) in [5.41, 5.74) is 4.06. The van der Waals surface area contributed by atoms with Crippen molar-refractivity contribution in [1.82, 2.24) is 40.7 Å². The van der Waals surface area contributed by atoms with Gasteiger partial charge in [-0.1, -0.05) is 147 Å². The highest BCUT2D eigenvalue weighted by atomic mass is 32.1. The molecule has 0 unspecified atom stereocenters. The molecule has 0 spiro atoms. The largest absolute Gasteiger partial charge is 0.507 e. The van der Waals surface area contributed by atoms with Gasteiger partial charge in [0.15, 0.2) is 5.75 Å². The second kappa shape index (κ2) is 40.0. The molecule has 113 heavy (non-hydrogen) atoms. The molecule has 1 saturated heterocycles. The van der Waals surface area contributed by atoms with Crippen LogP contribution in [0.3, 0.4) is 0 Å². The number of thiazole rings is 2. The minimum atomic E-state index is -2.04. The van der Waals surface area contributed by atoms with E-state index in [0.29, 0.717) is 44.4 Å². The molecule has 13 atom stereocenters. The molecule has 5 bridgehead atoms. The quantitative estimate of drug-likeness (QED) is 0.0131. The maximum Gasteiger partial charge on any atom is 0.407 e. The second-order valence-corrected chi connectivity index (χ2v) is 32.7. The van der Waals surface area contributed by atoms with E-state index in [2.05, 4.69) is 55.1 Å². The zero-order chi connectivity index (χ0) is 82.1. The van der Waals surface area contributed by atoms with Crippen LogP contribution in [-0.4, -0.2) is 198 Å². The summed E-state index contributed by atoms with van der Waals surface area (Å²) in [4.78, 5) is 94.2. The van der Waals surface area contributed by atoms with E-state index in [4.69, 9.17) is 23.7 Å². The van der Waals surface area contributed by atoms with Crippen LogP contribution in [0.2, 0.25) is 0 Å². The number of allylic oxidation sites excluding steroid dienone is 2. The normalized spacial score (nSPS) is 24.1. The average molecular weight is 1600 g/mol. The van der Waals surface area contributed by atoms with E-state index in [1.165, 1.54) is 101 Å². The number of fused-ring (bicyclic) bond motifs is 14. The Balaban J connectivity index is 0.000000266. The first-order chi connectivity index (χ1) is 53.8. The number of urea groups is 1. The van der Waals surface area contributed by atoms with Crippen LogP contribution in [0.15, 0.2) is 119 Å². The third-order valence-electron chi connectivity index (χ3n) is 21.6. The van der Waals surface area contributed by atoms with Crippen LogP contribution in [0.5, 0.6) is 23.0 Å². The average Bonchev–Trinajstić information content (AvgIpc) is 1.61. The van der Waals surface area contributed by atoms with Crippen molar-refractivity contribution in [2.24, 2.45) is 34.7 Å². The van der Waals surface area contributed by atoms with E-state index in [-0.39, 0.29) is 75.4 Å². The first kappa shape index (κ1) is 87.5. The summed E-state index contributed by atoms with van der Waals surface area (Å²) >= 11 is 2.95. The number of rotatable bonds is 22. The molecular formula is C84H112N10O17S2. The highest BCUT2D eigenvalue weighted by Crippen LogP contribution is 2.55. The molecule has 27 nitrogen and oxygen atoms in total. The molecular weight excluding hydrogens is 1490 g/mol. The molecule has 4 aliphatic heterocycles. The van der Waals surface area contributed by atoms with Crippen molar-refractivity contribution in [2.45, 2.75) is 208 Å². The van der Waals surface area contributed by atoms with Crippen molar-refractivity contribution in [1.29, 1.82) is 0 Å². The Labute approximate surface area is 669 Å². The summed E-state index contributed by atoms with van der Waals surface area (Å²) < 4.78 is 29.1. The number of benzene rings is 4. The van der Waals surface area contributed by atoms with E-state index in [1.807, 2.05) is 84.9 Å². The van der Waals surface area contributed by atoms with Crippen molar-refractivity contribution >= 4 is 81.0 Å². The third-order valence-corrected chi connectivity index (χ3v) is 23.6. The number of anilines is 1. The van der Waals surface area contributed by atoms with Gasteiger partial charge in [-0.2, -0.15) is 5.10 Å². The van der Waals surface area contributed by atoms with E-state index in [9.17, 15) is 59.4 Å². The molecule has 11 rings (SSSR count). The molecule has 5 aliphatic rings. The van der Waals surface area contributed by atoms with E-state index in [0.717, 1.165) is 39.8 Å². The monoisotopic (exact) mass is 1600 g/mol. The third kappa shape index (κ3) is 22.3. The lowest BCUT2D eigenvalue weighted by molar-refractivity contribution is -0.160. The van der Waals surface area contributed by atoms with Gasteiger partial charge in [-0.3, -0.25) is 34.1 Å². The molecule has 1 aliphatic carbocycles. The number of nitrogens with zero attached hydrogens (tertiary/aromatic N) is 6. The Morgan fingerprint density at radius 1 is 0.841 bits per heavy atom. The molecule has 6 heterocycles. The smallest absolute Gasteiger partial charge is 0.407 e. The molecule has 2 fully saturated rings. The first-order valence-corrected chi connectivity index (χ1v) is 40.5. The van der Waals surface area contributed by atoms with Crippen molar-refractivity contribution < 1.29 is 83.1 Å². The topological polar surface area (TPSA) is 366 Å². The number of phenolic OH excluding ortho intramolecular Hbond substituents is 3. The lowest BCUT2D eigenvalue weighted by Crippen LogP contribution is -2.55. The van der Waals surface area contributed by atoms with Crippen molar-refractivity contribution in [3.63, 3.8) is 0 Å². The van der Waals surface area contributed by atoms with Gasteiger partial charge < -0.3 is 80.5 Å². The first-order valence-electron chi connectivity index (χ1n) is 38.7. The van der Waals surface area contributed by atoms with Crippen LogP contribution in [0.4, 0.5) is 15.3 Å². The number of ether oxygens (including phenoxy) is 5. The van der Waals surface area contributed by atoms with Gasteiger partial charge in [0.2, 0.25) is 5.91 Å². The minimum Gasteiger partial charge on any atom is -0.507 e. The summed E-state index contributed by atoms with van der Waals surface area (Å²) in [6.45, 7) is 23.7. The van der Waals surface area contributed by atoms with Crippen LogP contribution < -0.4 is 26.0 Å². The number of methoxy groups -OCH3 is 1. The number of hydrogen-bond acceptors (Lipinski definition) is 24. The second-order valence-electron chi connectivity index (χ2n) is 30.8. The molecule has 612 valence electrons. The van der Waals surface area contributed by atoms with E-state index < -0.39 is 119 Å². The maximum atomic E-state index is 14.5. The van der Waals surface area contributed by atoms with Gasteiger partial charge in [0, 0.05) is 124 Å². The van der Waals surface area contributed by atoms with Gasteiger partial charge in [-0.05, 0) is 69.1 Å². The SMILES string of the molecule is CC(C)c1nc(CN(C)C(=O)N[C@H](C(=O)N[C@@H](Cc2ccccc2)C[C@H](O)[C@H](Cc2ccccc2)NC(=O)OCc2cncs2)C(C)C)cs1.CO[C@H]1/C=C/O[C@@]2(C)Oc3c(C)c(O)c4c(O)c(c(/C=N/N5CCN(C6CCCC6)CC5)c(O)c4c3C2=O)NC(=O)/C(C)=C\C=C\[C@H](C)[C@H](O)[C@@H](C)[C@@H](O)[C@@H](C)[C@H](OC(C)=O)[C@@H]1C. The number of Topliss-reactive ketones (excluding diaryl/α,β-unsaturated/α-hetero) is 1. The lowest BCUT2D eigenvalue weighted by atomic mass is 9.78. The highest BCUT2D eigenvalue weighted by molar-refractivity contribution is 7.10. The molecule has 2 aromatic heterocycles. The number of esters is 1. The number of aliphatic hydroxyl groups is 3. The predicted molar refractivity (Wildman–Crippen MR) is 434 cm³/mol. The number of alkyl carbamates (subject to hydrolysis) is 1. The summed E-state index contributed by atoms with van der Waals surface area (Å²) in [5, 5.41) is 91.0. The molecule has 1 saturated carbocycles. The summed E-state index contributed by atoms with van der Waals surface area (Å²) in [5.74, 6) is -8.56. The summed E-state index contributed by atoms with van der Waals surface area (Å²) in [6, 6.07) is 17.3. The van der Waals surface area contributed by atoms with Crippen LogP contribution >= 0.6 is 22.7 Å². The molecule has 6 aromatic rings. The number of ketones is 1. The summed E-state index contributed by atoms with van der Waals surface area (Å²) in [6.07, 6.45) is 10.6. The predicted octanol–water partition coefficient (Wildman–Crippen LogP) is 11.6. The minimum absolute atomic E-state index is 0.0631. The van der Waals surface area contributed by atoms with Crippen LogP contribution in [0.25, 0.3) is 10.8 Å². The Kier molecular flexibility index (Phi) is 31.0.